The highest BCUT2D eigenvalue weighted by molar-refractivity contribution is 9.10. The summed E-state index contributed by atoms with van der Waals surface area (Å²) in [6, 6.07) is 7.52. The van der Waals surface area contributed by atoms with Gasteiger partial charge in [0.25, 0.3) is 0 Å². The molecule has 2 aromatic rings. The third-order valence-electron chi connectivity index (χ3n) is 2.85. The number of fused-ring (bicyclic) bond motifs is 1. The van der Waals surface area contributed by atoms with Crippen LogP contribution in [0.2, 0.25) is 0 Å². The molecular weight excluding hydrogens is 388 g/mol. The molecule has 0 aliphatic rings. The largest absolute Gasteiger partial charge is 0.272 e. The van der Waals surface area contributed by atoms with E-state index in [1.165, 1.54) is 11.8 Å². The third kappa shape index (κ3) is 4.21. The Hall–Kier alpha value is -1.12. The summed E-state index contributed by atoms with van der Waals surface area (Å²) in [4.78, 5) is 17.3. The number of pyridine rings is 1. The van der Waals surface area contributed by atoms with Crippen molar-refractivity contribution in [1.82, 2.24) is 9.71 Å². The summed E-state index contributed by atoms with van der Waals surface area (Å²) in [7, 11) is -3.58. The molecule has 1 heterocycles. The minimum absolute atomic E-state index is 0.556. The second-order valence-corrected chi connectivity index (χ2v) is 9.61. The molecule has 118 valence electrons. The molecule has 0 saturated carbocycles. The summed E-state index contributed by atoms with van der Waals surface area (Å²) in [6.45, 7) is 3.37. The summed E-state index contributed by atoms with van der Waals surface area (Å²) in [5.41, 5.74) is 0.813. The van der Waals surface area contributed by atoms with Gasteiger partial charge < -0.3 is 0 Å². The van der Waals surface area contributed by atoms with E-state index in [-0.39, 0.29) is 0 Å². The number of sulfonamides is 1. The summed E-state index contributed by atoms with van der Waals surface area (Å²) in [5, 5.41) is 0.905. The van der Waals surface area contributed by atoms with Gasteiger partial charge in [0.15, 0.2) is 0 Å². The standard InChI is InChI=1S/C14H15BrN2O3S2/c1-14(2,13(18)17-22(3,19)20)21-12-6-7-16-11-5-4-9(15)8-10(11)12/h4-8H,1-3H3,(H,17,18). The fourth-order valence-electron chi connectivity index (χ4n) is 1.79. The normalized spacial score (nSPS) is 12.4. The third-order valence-corrected chi connectivity index (χ3v) is 5.17. The van der Waals surface area contributed by atoms with Gasteiger partial charge >= 0.3 is 0 Å². The van der Waals surface area contributed by atoms with Crippen molar-refractivity contribution in [3.8, 4) is 0 Å². The molecule has 2 rings (SSSR count). The number of amides is 1. The van der Waals surface area contributed by atoms with E-state index in [1.54, 1.807) is 20.0 Å². The number of hydrogen-bond donors (Lipinski definition) is 1. The van der Waals surface area contributed by atoms with Gasteiger partial charge in [0.05, 0.1) is 16.5 Å². The molecule has 0 saturated heterocycles. The Morgan fingerprint density at radius 1 is 1.32 bits per heavy atom. The van der Waals surface area contributed by atoms with Crippen molar-refractivity contribution in [3.05, 3.63) is 34.9 Å². The number of benzene rings is 1. The molecule has 0 spiro atoms. The lowest BCUT2D eigenvalue weighted by Crippen LogP contribution is -2.42. The van der Waals surface area contributed by atoms with Gasteiger partial charge in [-0.2, -0.15) is 0 Å². The molecule has 8 heteroatoms. The van der Waals surface area contributed by atoms with Crippen LogP contribution < -0.4 is 4.72 Å². The zero-order valence-electron chi connectivity index (χ0n) is 12.3. The SMILES string of the molecule is CC(C)(Sc1ccnc2ccc(Br)cc12)C(=O)NS(C)(=O)=O. The zero-order chi connectivity index (χ0) is 16.5. The molecule has 1 aromatic heterocycles. The van der Waals surface area contributed by atoms with Crippen LogP contribution in [0.1, 0.15) is 13.8 Å². The number of nitrogens with zero attached hydrogens (tertiary/aromatic N) is 1. The first kappa shape index (κ1) is 17.2. The molecular formula is C14H15BrN2O3S2. The van der Waals surface area contributed by atoms with E-state index in [0.29, 0.717) is 0 Å². The first-order chi connectivity index (χ1) is 10.1. The predicted octanol–water partition coefficient (Wildman–Crippen LogP) is 2.94. The quantitative estimate of drug-likeness (QED) is 0.795. The summed E-state index contributed by atoms with van der Waals surface area (Å²) in [5.74, 6) is -0.556. The van der Waals surface area contributed by atoms with Crippen LogP contribution in [0.5, 0.6) is 0 Å². The molecule has 1 N–H and O–H groups in total. The molecule has 0 unspecified atom stereocenters. The fourth-order valence-corrected chi connectivity index (χ4v) is 3.91. The first-order valence-electron chi connectivity index (χ1n) is 6.34. The van der Waals surface area contributed by atoms with Crippen molar-refractivity contribution in [2.75, 3.05) is 6.26 Å². The molecule has 0 aliphatic carbocycles. The molecule has 0 bridgehead atoms. The van der Waals surface area contributed by atoms with E-state index in [9.17, 15) is 13.2 Å². The Kier molecular flexibility index (Phi) is 4.84. The minimum atomic E-state index is -3.58. The van der Waals surface area contributed by atoms with Gasteiger partial charge in [-0.25, -0.2) is 8.42 Å². The monoisotopic (exact) mass is 402 g/mol. The fraction of sp³-hybridized carbons (Fsp3) is 0.286. The van der Waals surface area contributed by atoms with Crippen molar-refractivity contribution in [2.45, 2.75) is 23.5 Å². The van der Waals surface area contributed by atoms with Crippen molar-refractivity contribution in [3.63, 3.8) is 0 Å². The molecule has 1 aromatic carbocycles. The van der Waals surface area contributed by atoms with Gasteiger partial charge in [-0.3, -0.25) is 14.5 Å². The van der Waals surface area contributed by atoms with Crippen molar-refractivity contribution in [1.29, 1.82) is 0 Å². The summed E-state index contributed by atoms with van der Waals surface area (Å²) in [6.07, 6.45) is 2.63. The highest BCUT2D eigenvalue weighted by atomic mass is 79.9. The topological polar surface area (TPSA) is 76.1 Å². The van der Waals surface area contributed by atoms with Crippen LogP contribution in [-0.2, 0) is 14.8 Å². The van der Waals surface area contributed by atoms with Crippen LogP contribution >= 0.6 is 27.7 Å². The molecule has 0 fully saturated rings. The van der Waals surface area contributed by atoms with E-state index >= 15 is 0 Å². The Labute approximate surface area is 142 Å². The van der Waals surface area contributed by atoms with Crippen LogP contribution in [0.15, 0.2) is 39.8 Å². The van der Waals surface area contributed by atoms with Crippen molar-refractivity contribution < 1.29 is 13.2 Å². The lowest BCUT2D eigenvalue weighted by atomic mass is 10.2. The second-order valence-electron chi connectivity index (χ2n) is 5.29. The van der Waals surface area contributed by atoms with E-state index in [0.717, 1.165) is 26.5 Å². The maximum absolute atomic E-state index is 12.2. The number of thioether (sulfide) groups is 1. The molecule has 22 heavy (non-hydrogen) atoms. The first-order valence-corrected chi connectivity index (χ1v) is 9.84. The van der Waals surface area contributed by atoms with Crippen LogP contribution in [0.4, 0.5) is 0 Å². The minimum Gasteiger partial charge on any atom is -0.272 e. The highest BCUT2D eigenvalue weighted by Gasteiger charge is 2.31. The Morgan fingerprint density at radius 2 is 2.00 bits per heavy atom. The maximum atomic E-state index is 12.2. The van der Waals surface area contributed by atoms with Crippen LogP contribution in [0.3, 0.4) is 0 Å². The van der Waals surface area contributed by atoms with Gasteiger partial charge in [-0.1, -0.05) is 15.9 Å². The molecule has 5 nitrogen and oxygen atoms in total. The predicted molar refractivity (Wildman–Crippen MR) is 92.4 cm³/mol. The number of aromatic nitrogens is 1. The van der Waals surface area contributed by atoms with Gasteiger partial charge in [-0.15, -0.1) is 11.8 Å². The van der Waals surface area contributed by atoms with Crippen LogP contribution in [0.25, 0.3) is 10.9 Å². The van der Waals surface area contributed by atoms with E-state index in [4.69, 9.17) is 0 Å². The van der Waals surface area contributed by atoms with Crippen molar-refractivity contribution in [2.24, 2.45) is 0 Å². The van der Waals surface area contributed by atoms with Crippen molar-refractivity contribution >= 4 is 54.5 Å². The van der Waals surface area contributed by atoms with E-state index in [1.807, 2.05) is 29.0 Å². The van der Waals surface area contributed by atoms with Gasteiger partial charge in [-0.05, 0) is 38.1 Å². The Balaban J connectivity index is 2.37. The average molecular weight is 403 g/mol. The average Bonchev–Trinajstić information content (AvgIpc) is 2.37. The lowest BCUT2D eigenvalue weighted by molar-refractivity contribution is -0.120. The number of carbonyl (C=O) groups excluding carboxylic acids is 1. The molecule has 1 amide bonds. The number of rotatable bonds is 4. The number of halogens is 1. The van der Waals surface area contributed by atoms with Crippen LogP contribution in [0, 0.1) is 0 Å². The molecule has 0 aliphatic heterocycles. The zero-order valence-corrected chi connectivity index (χ0v) is 15.5. The Morgan fingerprint density at radius 3 is 2.64 bits per heavy atom. The highest BCUT2D eigenvalue weighted by Crippen LogP contribution is 2.37. The summed E-state index contributed by atoms with van der Waals surface area (Å²) < 4.78 is 24.5. The number of carbonyl (C=O) groups is 1. The van der Waals surface area contributed by atoms with Gasteiger partial charge in [0.2, 0.25) is 15.9 Å². The smallest absolute Gasteiger partial charge is 0.249 e. The number of hydrogen-bond acceptors (Lipinski definition) is 5. The van der Waals surface area contributed by atoms with Gasteiger partial charge in [0.1, 0.15) is 0 Å². The molecule has 0 radical (unpaired) electrons. The summed E-state index contributed by atoms with van der Waals surface area (Å²) >= 11 is 4.71. The number of nitrogens with one attached hydrogen (secondary N) is 1. The van der Waals surface area contributed by atoms with E-state index < -0.39 is 20.7 Å². The van der Waals surface area contributed by atoms with E-state index in [2.05, 4.69) is 20.9 Å². The molecule has 0 atom stereocenters. The maximum Gasteiger partial charge on any atom is 0.249 e. The lowest BCUT2D eigenvalue weighted by Gasteiger charge is -2.23. The van der Waals surface area contributed by atoms with Crippen LogP contribution in [-0.4, -0.2) is 30.3 Å². The Bertz CT molecular complexity index is 835. The second kappa shape index (κ2) is 6.17. The van der Waals surface area contributed by atoms with Gasteiger partial charge in [0, 0.05) is 21.0 Å².